The Morgan fingerprint density at radius 1 is 1.14 bits per heavy atom. The number of hydrogen-bond donors (Lipinski definition) is 3. The van der Waals surface area contributed by atoms with E-state index in [4.69, 9.17) is 9.94 Å². The summed E-state index contributed by atoms with van der Waals surface area (Å²) in [5.74, 6) is 0.197. The van der Waals surface area contributed by atoms with Crippen LogP contribution in [0, 0.1) is 17.8 Å². The zero-order chi connectivity index (χ0) is 21.1. The zero-order valence-corrected chi connectivity index (χ0v) is 18.1. The van der Waals surface area contributed by atoms with Crippen molar-refractivity contribution in [2.45, 2.75) is 109 Å². The number of carboxylic acid groups (broad SMARTS) is 1. The van der Waals surface area contributed by atoms with Gasteiger partial charge in [-0.2, -0.15) is 0 Å². The van der Waals surface area contributed by atoms with E-state index in [0.717, 1.165) is 44.2 Å². The van der Waals surface area contributed by atoms with Crippen LogP contribution < -0.4 is 0 Å². The number of unbranched alkanes of at least 4 members (excludes halogenated alkanes) is 6. The molecule has 0 aromatic rings. The van der Waals surface area contributed by atoms with Crippen molar-refractivity contribution in [3.05, 3.63) is 0 Å². The van der Waals surface area contributed by atoms with Gasteiger partial charge in [-0.25, -0.2) is 0 Å². The number of aliphatic carboxylic acids is 1. The summed E-state index contributed by atoms with van der Waals surface area (Å²) >= 11 is 0. The second-order valence-electron chi connectivity index (χ2n) is 9.00. The standard InChI is InChI=1S/C23H41NO5/c1-2-3-4-5-6-7-8-10-17(25)12-13-18-19-15-21(20(19)16-22(18)26)24-29-14-9-11-23(27)28/h17-20,22,25-26H,2-16H2,1H3,(H,27,28). The minimum Gasteiger partial charge on any atom is -0.481 e. The van der Waals surface area contributed by atoms with E-state index in [9.17, 15) is 15.0 Å². The fraction of sp³-hybridized carbons (Fsp3) is 0.913. The molecule has 0 aromatic carbocycles. The first-order chi connectivity index (χ1) is 14.0. The van der Waals surface area contributed by atoms with E-state index in [-0.39, 0.29) is 24.5 Å². The van der Waals surface area contributed by atoms with Crippen molar-refractivity contribution in [2.75, 3.05) is 6.61 Å². The number of hydrogen-bond acceptors (Lipinski definition) is 5. The Balaban J connectivity index is 1.57. The number of rotatable bonds is 16. The van der Waals surface area contributed by atoms with Gasteiger partial charge in [-0.3, -0.25) is 4.79 Å². The molecule has 0 radical (unpaired) electrons. The fourth-order valence-corrected chi connectivity index (χ4v) is 4.90. The summed E-state index contributed by atoms with van der Waals surface area (Å²) in [5.41, 5.74) is 1.01. The van der Waals surface area contributed by atoms with Gasteiger partial charge in [-0.1, -0.05) is 57.0 Å². The van der Waals surface area contributed by atoms with Crippen molar-refractivity contribution in [3.63, 3.8) is 0 Å². The largest absolute Gasteiger partial charge is 0.481 e. The van der Waals surface area contributed by atoms with E-state index >= 15 is 0 Å². The first kappa shape index (κ1) is 24.1. The number of carboxylic acids is 1. The van der Waals surface area contributed by atoms with Crippen molar-refractivity contribution in [3.8, 4) is 0 Å². The number of oxime groups is 1. The number of carbonyl (C=O) groups is 1. The van der Waals surface area contributed by atoms with E-state index < -0.39 is 5.97 Å². The lowest BCUT2D eigenvalue weighted by atomic mass is 9.70. The van der Waals surface area contributed by atoms with Gasteiger partial charge in [0.15, 0.2) is 0 Å². The number of aliphatic hydroxyl groups is 2. The number of aliphatic hydroxyl groups excluding tert-OH is 2. The predicted molar refractivity (Wildman–Crippen MR) is 114 cm³/mol. The van der Waals surface area contributed by atoms with Gasteiger partial charge in [-0.05, 0) is 50.4 Å². The highest BCUT2D eigenvalue weighted by molar-refractivity contribution is 5.93. The van der Waals surface area contributed by atoms with Gasteiger partial charge in [0.25, 0.3) is 0 Å². The molecule has 5 unspecified atom stereocenters. The second kappa shape index (κ2) is 13.2. The van der Waals surface area contributed by atoms with Crippen molar-refractivity contribution < 1.29 is 25.0 Å². The molecule has 2 saturated carbocycles. The Kier molecular flexibility index (Phi) is 11.0. The van der Waals surface area contributed by atoms with Gasteiger partial charge in [-0.15, -0.1) is 0 Å². The first-order valence-electron chi connectivity index (χ1n) is 11.8. The smallest absolute Gasteiger partial charge is 0.303 e. The van der Waals surface area contributed by atoms with E-state index in [1.807, 2.05) is 0 Å². The maximum atomic E-state index is 10.5. The third kappa shape index (κ3) is 8.25. The highest BCUT2D eigenvalue weighted by Gasteiger charge is 2.51. The van der Waals surface area contributed by atoms with Crippen LogP contribution in [0.2, 0.25) is 0 Å². The van der Waals surface area contributed by atoms with Gasteiger partial charge in [0.05, 0.1) is 17.9 Å². The lowest BCUT2D eigenvalue weighted by molar-refractivity contribution is -0.137. The Morgan fingerprint density at radius 3 is 2.59 bits per heavy atom. The van der Waals surface area contributed by atoms with Crippen molar-refractivity contribution in [2.24, 2.45) is 22.9 Å². The molecule has 0 aliphatic heterocycles. The molecule has 5 atom stereocenters. The highest BCUT2D eigenvalue weighted by atomic mass is 16.6. The van der Waals surface area contributed by atoms with Gasteiger partial charge in [0.1, 0.15) is 6.61 Å². The molecule has 29 heavy (non-hydrogen) atoms. The van der Waals surface area contributed by atoms with E-state index in [0.29, 0.717) is 24.9 Å². The maximum absolute atomic E-state index is 10.5. The molecule has 0 spiro atoms. The van der Waals surface area contributed by atoms with Crippen LogP contribution in [0.25, 0.3) is 0 Å². The fourth-order valence-electron chi connectivity index (χ4n) is 4.90. The summed E-state index contributed by atoms with van der Waals surface area (Å²) in [7, 11) is 0. The molecule has 0 saturated heterocycles. The summed E-state index contributed by atoms with van der Waals surface area (Å²) in [5, 5.41) is 33.5. The van der Waals surface area contributed by atoms with Crippen LogP contribution in [0.5, 0.6) is 0 Å². The van der Waals surface area contributed by atoms with Crippen LogP contribution in [0.1, 0.15) is 96.8 Å². The third-order valence-corrected chi connectivity index (χ3v) is 6.71. The molecule has 6 nitrogen and oxygen atoms in total. The van der Waals surface area contributed by atoms with E-state index in [1.54, 1.807) is 0 Å². The Bertz CT molecular complexity index is 509. The van der Waals surface area contributed by atoms with E-state index in [2.05, 4.69) is 12.1 Å². The average molecular weight is 412 g/mol. The van der Waals surface area contributed by atoms with Crippen LogP contribution >= 0.6 is 0 Å². The molecule has 2 aliphatic carbocycles. The number of nitrogens with zero attached hydrogens (tertiary/aromatic N) is 1. The quantitative estimate of drug-likeness (QED) is 0.256. The van der Waals surface area contributed by atoms with E-state index in [1.165, 1.54) is 38.5 Å². The molecule has 0 bridgehead atoms. The van der Waals surface area contributed by atoms with Crippen LogP contribution in [-0.4, -0.2) is 45.8 Å². The molecule has 2 rings (SSSR count). The minimum absolute atomic E-state index is 0.0961. The van der Waals surface area contributed by atoms with Crippen LogP contribution in [0.15, 0.2) is 5.16 Å². The Labute approximate surface area is 175 Å². The van der Waals surface area contributed by atoms with Crippen LogP contribution in [0.4, 0.5) is 0 Å². The molecule has 6 heteroatoms. The maximum Gasteiger partial charge on any atom is 0.303 e. The van der Waals surface area contributed by atoms with Crippen molar-refractivity contribution in [1.82, 2.24) is 0 Å². The van der Waals surface area contributed by atoms with Crippen LogP contribution in [0.3, 0.4) is 0 Å². The normalized spacial score (nSPS) is 28.2. The van der Waals surface area contributed by atoms with Crippen molar-refractivity contribution >= 4 is 11.7 Å². The lowest BCUT2D eigenvalue weighted by Crippen LogP contribution is -2.37. The van der Waals surface area contributed by atoms with Crippen molar-refractivity contribution in [1.29, 1.82) is 0 Å². The minimum atomic E-state index is -0.819. The second-order valence-corrected chi connectivity index (χ2v) is 9.00. The molecule has 0 amide bonds. The molecular weight excluding hydrogens is 370 g/mol. The molecule has 0 heterocycles. The predicted octanol–water partition coefficient (Wildman–Crippen LogP) is 4.52. The molecule has 3 N–H and O–H groups in total. The monoisotopic (exact) mass is 411 g/mol. The van der Waals surface area contributed by atoms with Gasteiger partial charge < -0.3 is 20.2 Å². The summed E-state index contributed by atoms with van der Waals surface area (Å²) in [4.78, 5) is 15.7. The topological polar surface area (TPSA) is 99.4 Å². The summed E-state index contributed by atoms with van der Waals surface area (Å²) in [6, 6.07) is 0. The molecule has 0 aromatic heterocycles. The van der Waals surface area contributed by atoms with Gasteiger partial charge in [0, 0.05) is 12.3 Å². The lowest BCUT2D eigenvalue weighted by Gasteiger charge is -2.35. The average Bonchev–Trinajstić information content (AvgIpc) is 2.92. The Morgan fingerprint density at radius 2 is 1.86 bits per heavy atom. The molecule has 168 valence electrons. The Hall–Kier alpha value is -1.14. The summed E-state index contributed by atoms with van der Waals surface area (Å²) < 4.78 is 0. The molecule has 2 fully saturated rings. The number of fused-ring (bicyclic) bond motifs is 1. The molecular formula is C23H41NO5. The van der Waals surface area contributed by atoms with Crippen LogP contribution in [-0.2, 0) is 9.63 Å². The summed E-state index contributed by atoms with van der Waals surface area (Å²) in [6.45, 7) is 2.56. The first-order valence-corrected chi connectivity index (χ1v) is 11.8. The van der Waals surface area contributed by atoms with Gasteiger partial charge in [0.2, 0.25) is 0 Å². The van der Waals surface area contributed by atoms with Gasteiger partial charge >= 0.3 is 5.97 Å². The molecule has 2 aliphatic rings. The zero-order valence-electron chi connectivity index (χ0n) is 18.1. The highest BCUT2D eigenvalue weighted by Crippen LogP contribution is 2.50. The summed E-state index contributed by atoms with van der Waals surface area (Å²) in [6.07, 6.45) is 13.0. The third-order valence-electron chi connectivity index (χ3n) is 6.71. The SMILES string of the molecule is CCCCCCCCCC(O)CCC1C(O)CC2C(=NOCCCC(=O)O)CC21.